The lowest BCUT2D eigenvalue weighted by Gasteiger charge is -2.17. The Morgan fingerprint density at radius 1 is 1.19 bits per heavy atom. The maximum absolute atomic E-state index is 13.9. The molecule has 0 radical (unpaired) electrons. The SMILES string of the molecule is COCC(=O)N1CCc2cc(NC(=O)c3cc(C)c(F)cc3F)ccc21. The molecule has 0 saturated heterocycles. The summed E-state index contributed by atoms with van der Waals surface area (Å²) in [5, 5.41) is 2.62. The van der Waals surface area contributed by atoms with E-state index in [1.54, 1.807) is 23.1 Å². The molecule has 7 heteroatoms. The Balaban J connectivity index is 1.79. The molecule has 3 rings (SSSR count). The second-order valence-electron chi connectivity index (χ2n) is 6.11. The minimum absolute atomic E-state index is 0.00111. The molecule has 0 bridgehead atoms. The van der Waals surface area contributed by atoms with Crippen LogP contribution in [-0.4, -0.2) is 32.1 Å². The van der Waals surface area contributed by atoms with E-state index in [4.69, 9.17) is 4.74 Å². The highest BCUT2D eigenvalue weighted by Crippen LogP contribution is 2.31. The molecular weight excluding hydrogens is 342 g/mol. The number of aryl methyl sites for hydroxylation is 1. The Morgan fingerprint density at radius 3 is 2.69 bits per heavy atom. The van der Waals surface area contributed by atoms with Crippen molar-refractivity contribution >= 4 is 23.2 Å². The van der Waals surface area contributed by atoms with Crippen LogP contribution in [0.15, 0.2) is 30.3 Å². The number of fused-ring (bicyclic) bond motifs is 1. The summed E-state index contributed by atoms with van der Waals surface area (Å²) in [4.78, 5) is 25.9. The molecule has 2 amide bonds. The van der Waals surface area contributed by atoms with Gasteiger partial charge < -0.3 is 15.0 Å². The summed E-state index contributed by atoms with van der Waals surface area (Å²) in [5.74, 6) is -2.40. The lowest BCUT2D eigenvalue weighted by molar-refractivity contribution is -0.122. The van der Waals surface area contributed by atoms with E-state index in [2.05, 4.69) is 5.32 Å². The van der Waals surface area contributed by atoms with Crippen molar-refractivity contribution in [2.24, 2.45) is 0 Å². The lowest BCUT2D eigenvalue weighted by atomic mass is 10.1. The highest BCUT2D eigenvalue weighted by molar-refractivity contribution is 6.05. The molecule has 136 valence electrons. The Hall–Kier alpha value is -2.80. The van der Waals surface area contributed by atoms with Gasteiger partial charge in [-0.15, -0.1) is 0 Å². The summed E-state index contributed by atoms with van der Waals surface area (Å²) in [6, 6.07) is 7.01. The zero-order valence-electron chi connectivity index (χ0n) is 14.4. The van der Waals surface area contributed by atoms with Crippen molar-refractivity contribution in [3.05, 3.63) is 58.7 Å². The third-order valence-corrected chi connectivity index (χ3v) is 4.29. The third kappa shape index (κ3) is 3.43. The number of hydrogen-bond donors (Lipinski definition) is 1. The van der Waals surface area contributed by atoms with Gasteiger partial charge in [-0.25, -0.2) is 8.78 Å². The van der Waals surface area contributed by atoms with Crippen molar-refractivity contribution in [2.75, 3.05) is 30.5 Å². The van der Waals surface area contributed by atoms with E-state index in [1.165, 1.54) is 20.1 Å². The standard InChI is InChI=1S/C19H18F2N2O3/c1-11-7-14(16(21)9-15(11)20)19(25)22-13-3-4-17-12(8-13)5-6-23(17)18(24)10-26-2/h3-4,7-9H,5-6,10H2,1-2H3,(H,22,25). The molecule has 5 nitrogen and oxygen atoms in total. The number of nitrogens with one attached hydrogen (secondary N) is 1. The minimum atomic E-state index is -0.914. The Morgan fingerprint density at radius 2 is 1.96 bits per heavy atom. The van der Waals surface area contributed by atoms with Crippen LogP contribution in [0.3, 0.4) is 0 Å². The first-order valence-corrected chi connectivity index (χ1v) is 8.10. The number of hydrogen-bond acceptors (Lipinski definition) is 3. The minimum Gasteiger partial charge on any atom is -0.375 e. The van der Waals surface area contributed by atoms with Crippen molar-refractivity contribution in [3.8, 4) is 0 Å². The number of rotatable bonds is 4. The van der Waals surface area contributed by atoms with Crippen LogP contribution < -0.4 is 10.2 Å². The van der Waals surface area contributed by atoms with Crippen LogP contribution in [0.5, 0.6) is 0 Å². The van der Waals surface area contributed by atoms with Crippen LogP contribution >= 0.6 is 0 Å². The fourth-order valence-corrected chi connectivity index (χ4v) is 2.97. The highest BCUT2D eigenvalue weighted by Gasteiger charge is 2.25. The summed E-state index contributed by atoms with van der Waals surface area (Å²) in [6.07, 6.45) is 0.651. The van der Waals surface area contributed by atoms with Crippen molar-refractivity contribution in [1.82, 2.24) is 0 Å². The van der Waals surface area contributed by atoms with E-state index in [0.717, 1.165) is 11.3 Å². The fourth-order valence-electron chi connectivity index (χ4n) is 2.97. The molecule has 0 aliphatic carbocycles. The summed E-state index contributed by atoms with van der Waals surface area (Å²) >= 11 is 0. The monoisotopic (exact) mass is 360 g/mol. The quantitative estimate of drug-likeness (QED) is 0.912. The van der Waals surface area contributed by atoms with Crippen LogP contribution in [0.4, 0.5) is 20.2 Å². The number of anilines is 2. The molecular formula is C19H18F2N2O3. The molecule has 0 fully saturated rings. The van der Waals surface area contributed by atoms with Gasteiger partial charge in [-0.05, 0) is 48.7 Å². The first kappa shape index (κ1) is 18.0. The average Bonchev–Trinajstić information content (AvgIpc) is 3.01. The number of ether oxygens (including phenoxy) is 1. The molecule has 2 aromatic rings. The lowest BCUT2D eigenvalue weighted by Crippen LogP contribution is -2.31. The van der Waals surface area contributed by atoms with Crippen molar-refractivity contribution in [3.63, 3.8) is 0 Å². The van der Waals surface area contributed by atoms with Crippen LogP contribution in [0, 0.1) is 18.6 Å². The Bertz CT molecular complexity index is 883. The maximum Gasteiger partial charge on any atom is 0.258 e. The number of methoxy groups -OCH3 is 1. The predicted octanol–water partition coefficient (Wildman–Crippen LogP) is 3.06. The van der Waals surface area contributed by atoms with E-state index in [1.807, 2.05) is 0 Å². The molecule has 26 heavy (non-hydrogen) atoms. The van der Waals surface area contributed by atoms with E-state index in [0.29, 0.717) is 24.7 Å². The van der Waals surface area contributed by atoms with Gasteiger partial charge in [0.15, 0.2) is 0 Å². The van der Waals surface area contributed by atoms with Gasteiger partial charge >= 0.3 is 0 Å². The Kier molecular flexibility index (Phi) is 4.99. The molecule has 0 unspecified atom stereocenters. The summed E-state index contributed by atoms with van der Waals surface area (Å²) in [5.41, 5.74) is 2.13. The molecule has 1 N–H and O–H groups in total. The van der Waals surface area contributed by atoms with Gasteiger partial charge in [-0.3, -0.25) is 9.59 Å². The van der Waals surface area contributed by atoms with Gasteiger partial charge in [0.25, 0.3) is 11.8 Å². The Labute approximate surface area is 149 Å². The van der Waals surface area contributed by atoms with Crippen molar-refractivity contribution in [1.29, 1.82) is 0 Å². The normalized spacial score (nSPS) is 12.8. The van der Waals surface area contributed by atoms with Gasteiger partial charge in [-0.2, -0.15) is 0 Å². The zero-order valence-corrected chi connectivity index (χ0v) is 14.4. The first-order valence-electron chi connectivity index (χ1n) is 8.10. The van der Waals surface area contributed by atoms with Gasteiger partial charge in [0.05, 0.1) is 5.56 Å². The van der Waals surface area contributed by atoms with Crippen LogP contribution in [-0.2, 0) is 16.0 Å². The van der Waals surface area contributed by atoms with E-state index >= 15 is 0 Å². The predicted molar refractivity (Wildman–Crippen MR) is 93.4 cm³/mol. The fraction of sp³-hybridized carbons (Fsp3) is 0.263. The maximum atomic E-state index is 13.9. The van der Waals surface area contributed by atoms with Crippen LogP contribution in [0.1, 0.15) is 21.5 Å². The average molecular weight is 360 g/mol. The van der Waals surface area contributed by atoms with Gasteiger partial charge in [0.1, 0.15) is 18.2 Å². The van der Waals surface area contributed by atoms with Gasteiger partial charge in [-0.1, -0.05) is 0 Å². The molecule has 0 spiro atoms. The molecule has 2 aromatic carbocycles. The largest absolute Gasteiger partial charge is 0.375 e. The second kappa shape index (κ2) is 7.21. The number of nitrogens with zero attached hydrogens (tertiary/aromatic N) is 1. The second-order valence-corrected chi connectivity index (χ2v) is 6.11. The van der Waals surface area contributed by atoms with Crippen LogP contribution in [0.25, 0.3) is 0 Å². The number of benzene rings is 2. The number of carbonyl (C=O) groups excluding carboxylic acids is 2. The molecule has 1 heterocycles. The molecule has 0 aromatic heterocycles. The topological polar surface area (TPSA) is 58.6 Å². The third-order valence-electron chi connectivity index (χ3n) is 4.29. The van der Waals surface area contributed by atoms with Crippen molar-refractivity contribution in [2.45, 2.75) is 13.3 Å². The van der Waals surface area contributed by atoms with E-state index < -0.39 is 17.5 Å². The number of halogens is 2. The number of carbonyl (C=O) groups is 2. The molecule has 0 saturated carbocycles. The van der Waals surface area contributed by atoms with Gasteiger partial charge in [0, 0.05) is 31.1 Å². The number of amides is 2. The molecule has 0 atom stereocenters. The summed E-state index contributed by atoms with van der Waals surface area (Å²) in [7, 11) is 1.46. The molecule has 1 aliphatic rings. The van der Waals surface area contributed by atoms with Crippen molar-refractivity contribution < 1.29 is 23.1 Å². The zero-order chi connectivity index (χ0) is 18.8. The highest BCUT2D eigenvalue weighted by atomic mass is 19.1. The smallest absolute Gasteiger partial charge is 0.258 e. The summed E-state index contributed by atoms with van der Waals surface area (Å²) < 4.78 is 32.1. The summed E-state index contributed by atoms with van der Waals surface area (Å²) in [6.45, 7) is 2.01. The van der Waals surface area contributed by atoms with E-state index in [-0.39, 0.29) is 23.6 Å². The van der Waals surface area contributed by atoms with Crippen LogP contribution in [0.2, 0.25) is 0 Å². The molecule has 1 aliphatic heterocycles. The van der Waals surface area contributed by atoms with Gasteiger partial charge in [0.2, 0.25) is 0 Å². The van der Waals surface area contributed by atoms with E-state index in [9.17, 15) is 18.4 Å². The first-order chi connectivity index (χ1) is 12.4.